The molecule has 2 aromatic heterocycles. The van der Waals surface area contributed by atoms with Gasteiger partial charge in [0.15, 0.2) is 11.5 Å². The van der Waals surface area contributed by atoms with Gasteiger partial charge in [0.05, 0.1) is 31.4 Å². The number of aromatic nitrogens is 4. The molecule has 0 fully saturated rings. The summed E-state index contributed by atoms with van der Waals surface area (Å²) >= 11 is 0. The zero-order valence-corrected chi connectivity index (χ0v) is 15.5. The summed E-state index contributed by atoms with van der Waals surface area (Å²) in [5, 5.41) is 0.424. The van der Waals surface area contributed by atoms with Crippen LogP contribution >= 0.6 is 0 Å². The summed E-state index contributed by atoms with van der Waals surface area (Å²) in [6.07, 6.45) is 5.26. The minimum atomic E-state index is -0.236. The number of hydrogen-bond acceptors (Lipinski definition) is 8. The van der Waals surface area contributed by atoms with E-state index in [1.807, 2.05) is 0 Å². The molecule has 0 aliphatic heterocycles. The van der Waals surface area contributed by atoms with Crippen LogP contribution in [0.15, 0.2) is 41.7 Å². The van der Waals surface area contributed by atoms with E-state index in [-0.39, 0.29) is 17.9 Å². The first-order valence-corrected chi connectivity index (χ1v) is 8.55. The van der Waals surface area contributed by atoms with Crippen LogP contribution in [0, 0.1) is 0 Å². The van der Waals surface area contributed by atoms with Gasteiger partial charge in [-0.3, -0.25) is 25.0 Å². The van der Waals surface area contributed by atoms with Crippen LogP contribution in [0.4, 0.5) is 5.95 Å². The van der Waals surface area contributed by atoms with Gasteiger partial charge in [-0.15, -0.1) is 0 Å². The van der Waals surface area contributed by atoms with Crippen molar-refractivity contribution < 1.29 is 14.3 Å². The highest BCUT2D eigenvalue weighted by molar-refractivity contribution is 5.81. The number of methoxy groups -OCH3 is 2. The molecule has 1 aromatic carbocycles. The maximum atomic E-state index is 12.7. The quantitative estimate of drug-likeness (QED) is 0.555. The Kier molecular flexibility index (Phi) is 6.00. The van der Waals surface area contributed by atoms with E-state index in [2.05, 4.69) is 25.8 Å². The second kappa shape index (κ2) is 8.80. The Morgan fingerprint density at radius 3 is 2.54 bits per heavy atom. The third-order valence-corrected chi connectivity index (χ3v) is 4.01. The average molecular weight is 384 g/mol. The van der Waals surface area contributed by atoms with Crippen LogP contribution in [0.5, 0.6) is 11.5 Å². The number of rotatable bonds is 8. The van der Waals surface area contributed by atoms with E-state index in [9.17, 15) is 9.59 Å². The lowest BCUT2D eigenvalue weighted by Gasteiger charge is -2.11. The first-order chi connectivity index (χ1) is 13.6. The van der Waals surface area contributed by atoms with E-state index in [0.29, 0.717) is 41.3 Å². The maximum Gasteiger partial charge on any atom is 0.261 e. The summed E-state index contributed by atoms with van der Waals surface area (Å²) < 4.78 is 11.9. The molecule has 2 heterocycles. The van der Waals surface area contributed by atoms with Crippen molar-refractivity contribution in [1.82, 2.24) is 24.9 Å². The zero-order valence-electron chi connectivity index (χ0n) is 15.5. The molecule has 0 aliphatic rings. The Bertz CT molecular complexity index is 1020. The Balaban J connectivity index is 1.62. The van der Waals surface area contributed by atoms with Crippen molar-refractivity contribution >= 4 is 22.8 Å². The normalized spacial score (nSPS) is 10.5. The van der Waals surface area contributed by atoms with Gasteiger partial charge >= 0.3 is 0 Å². The second-order valence-electron chi connectivity index (χ2n) is 5.82. The number of benzene rings is 1. The molecule has 1 amide bonds. The van der Waals surface area contributed by atoms with Crippen LogP contribution < -0.4 is 25.9 Å². The Morgan fingerprint density at radius 2 is 1.82 bits per heavy atom. The highest BCUT2D eigenvalue weighted by Gasteiger charge is 2.11. The van der Waals surface area contributed by atoms with Crippen molar-refractivity contribution in [2.45, 2.75) is 19.4 Å². The number of hydrazine groups is 1. The van der Waals surface area contributed by atoms with E-state index in [1.54, 1.807) is 30.6 Å². The van der Waals surface area contributed by atoms with E-state index in [0.717, 1.165) is 0 Å². The lowest BCUT2D eigenvalue weighted by Crippen LogP contribution is -2.30. The smallest absolute Gasteiger partial charge is 0.261 e. The predicted octanol–water partition coefficient (Wildman–Crippen LogP) is 1.13. The van der Waals surface area contributed by atoms with E-state index in [4.69, 9.17) is 9.47 Å². The monoisotopic (exact) mass is 384 g/mol. The predicted molar refractivity (Wildman–Crippen MR) is 102 cm³/mol. The van der Waals surface area contributed by atoms with Gasteiger partial charge in [-0.05, 0) is 18.6 Å². The molecule has 0 aliphatic carbocycles. The maximum absolute atomic E-state index is 12.7. The van der Waals surface area contributed by atoms with E-state index in [1.165, 1.54) is 25.1 Å². The van der Waals surface area contributed by atoms with Crippen molar-refractivity contribution in [1.29, 1.82) is 0 Å². The lowest BCUT2D eigenvalue weighted by molar-refractivity contribution is -0.120. The molecular weight excluding hydrogens is 364 g/mol. The van der Waals surface area contributed by atoms with E-state index < -0.39 is 0 Å². The number of hydrogen-bond donors (Lipinski definition) is 2. The largest absolute Gasteiger partial charge is 0.493 e. The molecule has 3 aromatic rings. The first kappa shape index (κ1) is 19.1. The Morgan fingerprint density at radius 1 is 1.11 bits per heavy atom. The minimum absolute atomic E-state index is 0.206. The molecule has 28 heavy (non-hydrogen) atoms. The van der Waals surface area contributed by atoms with Gasteiger partial charge in [0.1, 0.15) is 0 Å². The van der Waals surface area contributed by atoms with Gasteiger partial charge in [-0.25, -0.2) is 15.0 Å². The van der Waals surface area contributed by atoms with E-state index >= 15 is 0 Å². The topological polar surface area (TPSA) is 120 Å². The average Bonchev–Trinajstić information content (AvgIpc) is 2.73. The van der Waals surface area contributed by atoms with Crippen molar-refractivity contribution in [3.05, 3.63) is 47.3 Å². The van der Waals surface area contributed by atoms with Crippen LogP contribution in [0.25, 0.3) is 10.9 Å². The number of nitrogens with zero attached hydrogens (tertiary/aromatic N) is 4. The zero-order chi connectivity index (χ0) is 19.9. The summed E-state index contributed by atoms with van der Waals surface area (Å²) in [5.41, 5.74) is 5.44. The van der Waals surface area contributed by atoms with Gasteiger partial charge in [0, 0.05) is 31.4 Å². The molecule has 10 heteroatoms. The summed E-state index contributed by atoms with van der Waals surface area (Å²) in [5.74, 6) is 1.03. The van der Waals surface area contributed by atoms with Crippen molar-refractivity contribution in [3.8, 4) is 11.5 Å². The molecule has 0 saturated heterocycles. The molecule has 2 N–H and O–H groups in total. The number of aryl methyl sites for hydroxylation is 1. The molecule has 0 bridgehead atoms. The summed E-state index contributed by atoms with van der Waals surface area (Å²) in [6, 6.07) is 4.94. The Hall–Kier alpha value is -3.69. The van der Waals surface area contributed by atoms with Crippen molar-refractivity contribution in [2.75, 3.05) is 19.6 Å². The molecule has 3 rings (SSSR count). The van der Waals surface area contributed by atoms with Crippen LogP contribution in [0.1, 0.15) is 12.8 Å². The molecular formula is C18H20N6O4. The van der Waals surface area contributed by atoms with Gasteiger partial charge in [-0.2, -0.15) is 0 Å². The number of fused-ring (bicyclic) bond motifs is 1. The molecule has 0 unspecified atom stereocenters. The number of amides is 1. The third kappa shape index (κ3) is 4.34. The first-order valence-electron chi connectivity index (χ1n) is 8.55. The number of ether oxygens (including phenoxy) is 2. The van der Waals surface area contributed by atoms with Gasteiger partial charge in [0.2, 0.25) is 11.9 Å². The molecule has 0 spiro atoms. The standard InChI is InChI=1S/C18H20N6O4/c1-27-14-9-12-13(10-15(14)28-2)21-11-24(17(12)26)8-3-5-16(25)22-23-18-19-6-4-7-20-18/h4,6-7,9-11H,3,5,8H2,1-2H3,(H,22,25)(H,19,20,23). The number of carbonyl (C=O) groups excluding carboxylic acids is 1. The minimum Gasteiger partial charge on any atom is -0.493 e. The summed E-state index contributed by atoms with van der Waals surface area (Å²) in [4.78, 5) is 36.7. The highest BCUT2D eigenvalue weighted by atomic mass is 16.5. The summed E-state index contributed by atoms with van der Waals surface area (Å²) in [6.45, 7) is 0.353. The van der Waals surface area contributed by atoms with Crippen LogP contribution in [-0.4, -0.2) is 39.6 Å². The molecule has 0 radical (unpaired) electrons. The number of nitrogens with one attached hydrogen (secondary N) is 2. The Labute approximate surface area is 160 Å². The van der Waals surface area contributed by atoms with Gasteiger partial charge in [-0.1, -0.05) is 0 Å². The SMILES string of the molecule is COc1cc2ncn(CCCC(=O)NNc3ncccn3)c(=O)c2cc1OC. The van der Waals surface area contributed by atoms with Crippen molar-refractivity contribution in [3.63, 3.8) is 0 Å². The molecule has 0 saturated carbocycles. The highest BCUT2D eigenvalue weighted by Crippen LogP contribution is 2.29. The fourth-order valence-corrected chi connectivity index (χ4v) is 2.61. The molecule has 146 valence electrons. The number of anilines is 1. The van der Waals surface area contributed by atoms with Crippen LogP contribution in [0.3, 0.4) is 0 Å². The second-order valence-corrected chi connectivity index (χ2v) is 5.82. The van der Waals surface area contributed by atoms with Crippen LogP contribution in [-0.2, 0) is 11.3 Å². The fourth-order valence-electron chi connectivity index (χ4n) is 2.61. The fraction of sp³-hybridized carbons (Fsp3) is 0.278. The van der Waals surface area contributed by atoms with Crippen LogP contribution in [0.2, 0.25) is 0 Å². The number of carbonyl (C=O) groups is 1. The third-order valence-electron chi connectivity index (χ3n) is 4.01. The van der Waals surface area contributed by atoms with Gasteiger partial charge < -0.3 is 9.47 Å². The molecule has 0 atom stereocenters. The van der Waals surface area contributed by atoms with Gasteiger partial charge in [0.25, 0.3) is 5.56 Å². The van der Waals surface area contributed by atoms with Crippen molar-refractivity contribution in [2.24, 2.45) is 0 Å². The lowest BCUT2D eigenvalue weighted by atomic mass is 10.2. The summed E-state index contributed by atoms with van der Waals surface area (Å²) in [7, 11) is 3.03. The molecule has 10 nitrogen and oxygen atoms in total.